The van der Waals surface area contributed by atoms with Crippen LogP contribution in [0.3, 0.4) is 0 Å². The highest BCUT2D eigenvalue weighted by Crippen LogP contribution is 2.22. The summed E-state index contributed by atoms with van der Waals surface area (Å²) in [7, 11) is 0. The number of piperidine rings is 1. The number of likely N-dealkylation sites (tertiary alicyclic amines) is 1. The van der Waals surface area contributed by atoms with E-state index in [2.05, 4.69) is 5.32 Å². The SMILES string of the molecule is CC(C)(C)C(=O)N1CCC(NCc2cc(Cl)cs2)CC1. The number of thiophene rings is 1. The normalized spacial score (nSPS) is 17.5. The van der Waals surface area contributed by atoms with E-state index < -0.39 is 0 Å². The van der Waals surface area contributed by atoms with Gasteiger partial charge in [-0.3, -0.25) is 4.79 Å². The molecule has 1 aromatic rings. The van der Waals surface area contributed by atoms with Gasteiger partial charge in [-0.2, -0.15) is 0 Å². The van der Waals surface area contributed by atoms with Gasteiger partial charge in [-0.1, -0.05) is 32.4 Å². The van der Waals surface area contributed by atoms with Crippen molar-refractivity contribution in [2.75, 3.05) is 13.1 Å². The molecule has 3 nitrogen and oxygen atoms in total. The third kappa shape index (κ3) is 4.21. The lowest BCUT2D eigenvalue weighted by Crippen LogP contribution is -2.48. The molecule has 0 saturated carbocycles. The molecule has 1 saturated heterocycles. The van der Waals surface area contributed by atoms with Crippen molar-refractivity contribution in [3.05, 3.63) is 21.3 Å². The zero-order chi connectivity index (χ0) is 14.8. The van der Waals surface area contributed by atoms with Crippen LogP contribution >= 0.6 is 22.9 Å². The second-order valence-corrected chi connectivity index (χ2v) is 7.86. The summed E-state index contributed by atoms with van der Waals surface area (Å²) < 4.78 is 0. The third-order valence-corrected chi connectivity index (χ3v) is 4.89. The van der Waals surface area contributed by atoms with Crippen molar-refractivity contribution in [3.8, 4) is 0 Å². The first kappa shape index (κ1) is 15.8. The molecule has 1 N–H and O–H groups in total. The van der Waals surface area contributed by atoms with E-state index in [0.29, 0.717) is 6.04 Å². The first-order chi connectivity index (χ1) is 9.36. The number of hydrogen-bond acceptors (Lipinski definition) is 3. The van der Waals surface area contributed by atoms with Crippen molar-refractivity contribution in [2.45, 2.75) is 46.2 Å². The van der Waals surface area contributed by atoms with Crippen molar-refractivity contribution >= 4 is 28.8 Å². The van der Waals surface area contributed by atoms with Gasteiger partial charge in [0.05, 0.1) is 5.02 Å². The monoisotopic (exact) mass is 314 g/mol. The van der Waals surface area contributed by atoms with E-state index in [9.17, 15) is 4.79 Å². The molecule has 1 amide bonds. The second-order valence-electron chi connectivity index (χ2n) is 6.43. The number of carbonyl (C=O) groups excluding carboxylic acids is 1. The van der Waals surface area contributed by atoms with Crippen molar-refractivity contribution in [3.63, 3.8) is 0 Å². The van der Waals surface area contributed by atoms with E-state index in [4.69, 9.17) is 11.6 Å². The average Bonchev–Trinajstić information content (AvgIpc) is 2.81. The molecule has 0 aliphatic carbocycles. The number of carbonyl (C=O) groups is 1. The molecule has 0 bridgehead atoms. The minimum atomic E-state index is -0.270. The fourth-order valence-electron chi connectivity index (χ4n) is 2.45. The van der Waals surface area contributed by atoms with E-state index in [0.717, 1.165) is 37.5 Å². The van der Waals surface area contributed by atoms with Gasteiger partial charge in [0.25, 0.3) is 0 Å². The quantitative estimate of drug-likeness (QED) is 0.925. The maximum Gasteiger partial charge on any atom is 0.227 e. The fourth-order valence-corrected chi connectivity index (χ4v) is 3.48. The highest BCUT2D eigenvalue weighted by atomic mass is 35.5. The van der Waals surface area contributed by atoms with Crippen LogP contribution in [0.15, 0.2) is 11.4 Å². The molecule has 0 radical (unpaired) electrons. The first-order valence-corrected chi connectivity index (χ1v) is 8.37. The van der Waals surface area contributed by atoms with Gasteiger partial charge in [-0.25, -0.2) is 0 Å². The molecule has 1 aliphatic rings. The molecular formula is C15H23ClN2OS. The van der Waals surface area contributed by atoms with Gasteiger partial charge in [-0.05, 0) is 18.9 Å². The van der Waals surface area contributed by atoms with Gasteiger partial charge in [0, 0.05) is 41.3 Å². The summed E-state index contributed by atoms with van der Waals surface area (Å²) in [5, 5.41) is 6.34. The number of rotatable bonds is 3. The molecule has 1 aromatic heterocycles. The van der Waals surface area contributed by atoms with Crippen molar-refractivity contribution in [1.29, 1.82) is 0 Å². The van der Waals surface area contributed by atoms with Crippen molar-refractivity contribution < 1.29 is 4.79 Å². The fraction of sp³-hybridized carbons (Fsp3) is 0.667. The Bertz CT molecular complexity index is 459. The largest absolute Gasteiger partial charge is 0.342 e. The second kappa shape index (κ2) is 6.46. The smallest absolute Gasteiger partial charge is 0.227 e. The minimum Gasteiger partial charge on any atom is -0.342 e. The maximum absolute atomic E-state index is 12.2. The number of halogens is 1. The summed E-state index contributed by atoms with van der Waals surface area (Å²) in [5.74, 6) is 0.265. The highest BCUT2D eigenvalue weighted by Gasteiger charge is 2.30. The van der Waals surface area contributed by atoms with Crippen LogP contribution in [0.5, 0.6) is 0 Å². The Kier molecular flexibility index (Phi) is 5.10. The third-order valence-electron chi connectivity index (χ3n) is 3.61. The number of hydrogen-bond donors (Lipinski definition) is 1. The summed E-state index contributed by atoms with van der Waals surface area (Å²) in [6.07, 6.45) is 2.06. The van der Waals surface area contributed by atoms with Crippen LogP contribution in [0.25, 0.3) is 0 Å². The van der Waals surface area contributed by atoms with Gasteiger partial charge >= 0.3 is 0 Å². The molecule has 0 spiro atoms. The van der Waals surface area contributed by atoms with Gasteiger partial charge in [0.15, 0.2) is 0 Å². The van der Waals surface area contributed by atoms with E-state index >= 15 is 0 Å². The van der Waals surface area contributed by atoms with Gasteiger partial charge in [-0.15, -0.1) is 11.3 Å². The van der Waals surface area contributed by atoms with Crippen molar-refractivity contribution in [1.82, 2.24) is 10.2 Å². The highest BCUT2D eigenvalue weighted by molar-refractivity contribution is 7.10. The number of nitrogens with zero attached hydrogens (tertiary/aromatic N) is 1. The summed E-state index contributed by atoms with van der Waals surface area (Å²) in [5.41, 5.74) is -0.270. The standard InChI is InChI=1S/C15H23ClN2OS/c1-15(2,3)14(19)18-6-4-12(5-7-18)17-9-13-8-11(16)10-20-13/h8,10,12,17H,4-7,9H2,1-3H3. The summed E-state index contributed by atoms with van der Waals surface area (Å²) >= 11 is 7.61. The van der Waals surface area contributed by atoms with Crippen LogP contribution in [0.4, 0.5) is 0 Å². The molecule has 20 heavy (non-hydrogen) atoms. The molecular weight excluding hydrogens is 292 g/mol. The molecule has 112 valence electrons. The Morgan fingerprint density at radius 2 is 2.10 bits per heavy atom. The summed E-state index contributed by atoms with van der Waals surface area (Å²) in [4.78, 5) is 15.5. The Morgan fingerprint density at radius 1 is 1.45 bits per heavy atom. The Labute approximate surface area is 130 Å². The number of amides is 1. The van der Waals surface area contributed by atoms with E-state index in [-0.39, 0.29) is 11.3 Å². The van der Waals surface area contributed by atoms with Gasteiger partial charge in [0.1, 0.15) is 0 Å². The van der Waals surface area contributed by atoms with E-state index in [1.54, 1.807) is 11.3 Å². The van der Waals surface area contributed by atoms with Crippen LogP contribution in [0, 0.1) is 5.41 Å². The molecule has 0 atom stereocenters. The van der Waals surface area contributed by atoms with Crippen LogP contribution in [0.1, 0.15) is 38.5 Å². The number of nitrogens with one attached hydrogen (secondary N) is 1. The summed E-state index contributed by atoms with van der Waals surface area (Å²) in [6.45, 7) is 8.55. The molecule has 1 aliphatic heterocycles. The lowest BCUT2D eigenvalue weighted by atomic mass is 9.93. The van der Waals surface area contributed by atoms with Crippen molar-refractivity contribution in [2.24, 2.45) is 5.41 Å². The summed E-state index contributed by atoms with van der Waals surface area (Å²) in [6, 6.07) is 2.51. The molecule has 1 fully saturated rings. The maximum atomic E-state index is 12.2. The predicted molar refractivity (Wildman–Crippen MR) is 85.2 cm³/mol. The van der Waals surface area contributed by atoms with Crippen LogP contribution in [-0.2, 0) is 11.3 Å². The van der Waals surface area contributed by atoms with E-state index in [1.807, 2.05) is 37.1 Å². The predicted octanol–water partition coefficient (Wildman–Crippen LogP) is 3.53. The Morgan fingerprint density at radius 3 is 2.60 bits per heavy atom. The lowest BCUT2D eigenvalue weighted by Gasteiger charge is -2.36. The first-order valence-electron chi connectivity index (χ1n) is 7.12. The van der Waals surface area contributed by atoms with Crippen LogP contribution in [0.2, 0.25) is 5.02 Å². The molecule has 0 unspecified atom stereocenters. The topological polar surface area (TPSA) is 32.3 Å². The Hall–Kier alpha value is -0.580. The zero-order valence-electron chi connectivity index (χ0n) is 12.4. The van der Waals surface area contributed by atoms with Crippen LogP contribution < -0.4 is 5.32 Å². The zero-order valence-corrected chi connectivity index (χ0v) is 14.0. The minimum absolute atomic E-state index is 0.265. The molecule has 5 heteroatoms. The van der Waals surface area contributed by atoms with E-state index in [1.165, 1.54) is 4.88 Å². The molecule has 2 rings (SSSR count). The Balaban J connectivity index is 1.76. The average molecular weight is 315 g/mol. The molecule has 0 aromatic carbocycles. The van der Waals surface area contributed by atoms with Gasteiger partial charge < -0.3 is 10.2 Å². The molecule has 2 heterocycles. The lowest BCUT2D eigenvalue weighted by molar-refractivity contribution is -0.140. The van der Waals surface area contributed by atoms with Crippen LogP contribution in [-0.4, -0.2) is 29.9 Å². The van der Waals surface area contributed by atoms with Gasteiger partial charge in [0.2, 0.25) is 5.91 Å².